The number of nitrogens with zero attached hydrogens (tertiary/aromatic N) is 1. The third kappa shape index (κ3) is 3.19. The normalized spacial score (nSPS) is 10.2. The largest absolute Gasteiger partial charge is 0.396 e. The van der Waals surface area contributed by atoms with E-state index in [1.807, 2.05) is 0 Å². The molecule has 0 aliphatic carbocycles. The number of nitrogens with one attached hydrogen (secondary N) is 2. The van der Waals surface area contributed by atoms with Gasteiger partial charge >= 0.3 is 0 Å². The Labute approximate surface area is 119 Å². The SMILES string of the molecule is CC(=N)c1cccc(NC(=O)c2cc(N)c(F)cc2F)n1. The summed E-state index contributed by atoms with van der Waals surface area (Å²) in [5.41, 5.74) is 5.22. The predicted molar refractivity (Wildman–Crippen MR) is 75.5 cm³/mol. The number of carbonyl (C=O) groups excluding carboxylic acids is 1. The zero-order valence-corrected chi connectivity index (χ0v) is 11.1. The van der Waals surface area contributed by atoms with Crippen LogP contribution in [-0.4, -0.2) is 16.6 Å². The summed E-state index contributed by atoms with van der Waals surface area (Å²) in [7, 11) is 0. The number of hydrogen-bond acceptors (Lipinski definition) is 4. The molecule has 1 amide bonds. The second-order valence-corrected chi connectivity index (χ2v) is 4.34. The number of nitrogens with two attached hydrogens (primary N) is 1. The Morgan fingerprint density at radius 2 is 2.00 bits per heavy atom. The number of aromatic nitrogens is 1. The monoisotopic (exact) mass is 290 g/mol. The van der Waals surface area contributed by atoms with E-state index in [-0.39, 0.29) is 22.8 Å². The number of carbonyl (C=O) groups is 1. The molecule has 1 heterocycles. The standard InChI is InChI=1S/C14H12F2N4O/c1-7(17)12-3-2-4-13(19-12)20-14(21)8-5-11(18)10(16)6-9(8)15/h2-6,17H,18H2,1H3,(H,19,20,21). The molecule has 4 N–H and O–H groups in total. The van der Waals surface area contributed by atoms with E-state index >= 15 is 0 Å². The first-order valence-corrected chi connectivity index (χ1v) is 5.97. The first-order chi connectivity index (χ1) is 9.88. The molecule has 5 nitrogen and oxygen atoms in total. The Hall–Kier alpha value is -2.83. The van der Waals surface area contributed by atoms with Crippen molar-refractivity contribution in [3.05, 3.63) is 53.2 Å². The molecule has 1 aromatic heterocycles. The zero-order valence-electron chi connectivity index (χ0n) is 11.1. The number of amides is 1. The van der Waals surface area contributed by atoms with E-state index in [1.54, 1.807) is 19.1 Å². The number of hydrogen-bond donors (Lipinski definition) is 3. The fourth-order valence-corrected chi connectivity index (χ4v) is 1.64. The molecule has 0 unspecified atom stereocenters. The highest BCUT2D eigenvalue weighted by Crippen LogP contribution is 2.18. The summed E-state index contributed by atoms with van der Waals surface area (Å²) in [6, 6.07) is 6.18. The summed E-state index contributed by atoms with van der Waals surface area (Å²) >= 11 is 0. The van der Waals surface area contributed by atoms with Gasteiger partial charge in [0.1, 0.15) is 17.5 Å². The van der Waals surface area contributed by atoms with Crippen molar-refractivity contribution < 1.29 is 13.6 Å². The molecule has 2 rings (SSSR count). The van der Waals surface area contributed by atoms with Gasteiger partial charge in [-0.2, -0.15) is 0 Å². The van der Waals surface area contributed by atoms with Crippen LogP contribution in [0.5, 0.6) is 0 Å². The van der Waals surface area contributed by atoms with Crippen LogP contribution in [0.3, 0.4) is 0 Å². The van der Waals surface area contributed by atoms with Gasteiger partial charge in [0.25, 0.3) is 5.91 Å². The number of halogens is 2. The average Bonchev–Trinajstić information content (AvgIpc) is 2.43. The molecule has 1 aromatic carbocycles. The lowest BCUT2D eigenvalue weighted by Gasteiger charge is -2.08. The molecular weight excluding hydrogens is 278 g/mol. The van der Waals surface area contributed by atoms with E-state index in [9.17, 15) is 13.6 Å². The fraction of sp³-hybridized carbons (Fsp3) is 0.0714. The quantitative estimate of drug-likeness (QED) is 0.599. The molecule has 7 heteroatoms. The van der Waals surface area contributed by atoms with Crippen molar-refractivity contribution in [3.63, 3.8) is 0 Å². The van der Waals surface area contributed by atoms with Crippen LogP contribution in [0.25, 0.3) is 0 Å². The molecule has 0 aliphatic heterocycles. The van der Waals surface area contributed by atoms with Gasteiger partial charge in [-0.3, -0.25) is 4.79 Å². The van der Waals surface area contributed by atoms with E-state index < -0.39 is 17.5 Å². The molecular formula is C14H12F2N4O. The second kappa shape index (κ2) is 5.66. The van der Waals surface area contributed by atoms with Gasteiger partial charge < -0.3 is 16.5 Å². The highest BCUT2D eigenvalue weighted by molar-refractivity contribution is 6.04. The molecule has 0 atom stereocenters. The van der Waals surface area contributed by atoms with Gasteiger partial charge in [0, 0.05) is 6.07 Å². The topological polar surface area (TPSA) is 91.9 Å². The van der Waals surface area contributed by atoms with Crippen LogP contribution in [-0.2, 0) is 0 Å². The van der Waals surface area contributed by atoms with E-state index in [4.69, 9.17) is 11.1 Å². The predicted octanol–water partition coefficient (Wildman–Crippen LogP) is 2.58. The first kappa shape index (κ1) is 14.6. The molecule has 2 aromatic rings. The Kier molecular flexibility index (Phi) is 3.93. The Morgan fingerprint density at radius 1 is 1.29 bits per heavy atom. The lowest BCUT2D eigenvalue weighted by atomic mass is 10.1. The molecule has 21 heavy (non-hydrogen) atoms. The van der Waals surface area contributed by atoms with Crippen LogP contribution >= 0.6 is 0 Å². The smallest absolute Gasteiger partial charge is 0.259 e. The fourth-order valence-electron chi connectivity index (χ4n) is 1.64. The summed E-state index contributed by atoms with van der Waals surface area (Å²) < 4.78 is 26.6. The Morgan fingerprint density at radius 3 is 2.67 bits per heavy atom. The number of pyridine rings is 1. The lowest BCUT2D eigenvalue weighted by Crippen LogP contribution is -2.16. The molecule has 108 valence electrons. The zero-order chi connectivity index (χ0) is 15.6. The van der Waals surface area contributed by atoms with E-state index in [0.717, 1.165) is 6.07 Å². The molecule has 0 fully saturated rings. The van der Waals surface area contributed by atoms with Crippen molar-refractivity contribution >= 4 is 23.1 Å². The summed E-state index contributed by atoms with van der Waals surface area (Å²) in [6.07, 6.45) is 0. The maximum atomic E-state index is 13.6. The number of rotatable bonds is 3. The minimum absolute atomic E-state index is 0.159. The van der Waals surface area contributed by atoms with Crippen LogP contribution in [0.15, 0.2) is 30.3 Å². The number of benzene rings is 1. The molecule has 0 saturated carbocycles. The Balaban J connectivity index is 2.28. The first-order valence-electron chi connectivity index (χ1n) is 5.97. The molecule has 0 bridgehead atoms. The van der Waals surface area contributed by atoms with Gasteiger partial charge in [-0.05, 0) is 25.1 Å². The van der Waals surface area contributed by atoms with Crippen molar-refractivity contribution in [3.8, 4) is 0 Å². The minimum atomic E-state index is -1.02. The van der Waals surface area contributed by atoms with Crippen molar-refractivity contribution in [1.29, 1.82) is 5.41 Å². The van der Waals surface area contributed by atoms with Gasteiger partial charge in [-0.15, -0.1) is 0 Å². The Bertz CT molecular complexity index is 731. The van der Waals surface area contributed by atoms with Gasteiger partial charge in [0.05, 0.1) is 22.7 Å². The number of nitrogen functional groups attached to an aromatic ring is 1. The summed E-state index contributed by atoms with van der Waals surface area (Å²) in [5.74, 6) is -2.58. The average molecular weight is 290 g/mol. The van der Waals surface area contributed by atoms with Gasteiger partial charge in [-0.25, -0.2) is 13.8 Å². The van der Waals surface area contributed by atoms with Crippen LogP contribution in [0, 0.1) is 17.0 Å². The van der Waals surface area contributed by atoms with Crippen LogP contribution in [0.1, 0.15) is 23.0 Å². The molecule has 0 spiro atoms. The van der Waals surface area contributed by atoms with Crippen LogP contribution in [0.4, 0.5) is 20.3 Å². The van der Waals surface area contributed by atoms with E-state index in [1.165, 1.54) is 6.07 Å². The third-order valence-corrected chi connectivity index (χ3v) is 2.71. The van der Waals surface area contributed by atoms with Crippen molar-refractivity contribution in [2.75, 3.05) is 11.1 Å². The highest BCUT2D eigenvalue weighted by Gasteiger charge is 2.15. The molecule has 0 radical (unpaired) electrons. The van der Waals surface area contributed by atoms with Crippen molar-refractivity contribution in [2.45, 2.75) is 6.92 Å². The maximum absolute atomic E-state index is 13.6. The van der Waals surface area contributed by atoms with Gasteiger partial charge in [0.2, 0.25) is 0 Å². The van der Waals surface area contributed by atoms with Crippen molar-refractivity contribution in [2.24, 2.45) is 0 Å². The summed E-state index contributed by atoms with van der Waals surface area (Å²) in [5, 5.41) is 9.85. The van der Waals surface area contributed by atoms with Gasteiger partial charge in [-0.1, -0.05) is 6.07 Å². The van der Waals surface area contributed by atoms with E-state index in [0.29, 0.717) is 11.8 Å². The van der Waals surface area contributed by atoms with Crippen molar-refractivity contribution in [1.82, 2.24) is 4.98 Å². The molecule has 0 aliphatic rings. The summed E-state index contributed by atoms with van der Waals surface area (Å²) in [4.78, 5) is 16.0. The van der Waals surface area contributed by atoms with Gasteiger partial charge in [0.15, 0.2) is 0 Å². The third-order valence-electron chi connectivity index (χ3n) is 2.71. The summed E-state index contributed by atoms with van der Waals surface area (Å²) in [6.45, 7) is 1.55. The second-order valence-electron chi connectivity index (χ2n) is 4.34. The maximum Gasteiger partial charge on any atom is 0.259 e. The lowest BCUT2D eigenvalue weighted by molar-refractivity contribution is 0.102. The molecule has 0 saturated heterocycles. The van der Waals surface area contributed by atoms with Crippen LogP contribution < -0.4 is 11.1 Å². The minimum Gasteiger partial charge on any atom is -0.396 e. The van der Waals surface area contributed by atoms with E-state index in [2.05, 4.69) is 10.3 Å². The van der Waals surface area contributed by atoms with Crippen LogP contribution in [0.2, 0.25) is 0 Å². The number of anilines is 2. The highest BCUT2D eigenvalue weighted by atomic mass is 19.1.